The number of unbranched alkanes of at least 4 members (excludes halogenated alkanes) is 1. The van der Waals surface area contributed by atoms with Crippen LogP contribution in [0.1, 0.15) is 33.6 Å². The first-order chi connectivity index (χ1) is 6.99. The second-order valence-corrected chi connectivity index (χ2v) is 3.40. The highest BCUT2D eigenvalue weighted by molar-refractivity contribution is 5.86. The number of rotatable bonds is 8. The zero-order valence-corrected chi connectivity index (χ0v) is 9.66. The number of aliphatic carboxylic acids is 1. The summed E-state index contributed by atoms with van der Waals surface area (Å²) in [6.45, 7) is 9.53. The van der Waals surface area contributed by atoms with Gasteiger partial charge in [-0.25, -0.2) is 4.79 Å². The van der Waals surface area contributed by atoms with Gasteiger partial charge in [0.05, 0.1) is 11.7 Å². The van der Waals surface area contributed by atoms with Crippen molar-refractivity contribution in [3.05, 3.63) is 12.2 Å². The van der Waals surface area contributed by atoms with Crippen molar-refractivity contribution in [3.8, 4) is 0 Å². The van der Waals surface area contributed by atoms with Crippen LogP contribution >= 0.6 is 0 Å². The lowest BCUT2D eigenvalue weighted by Crippen LogP contribution is -2.24. The quantitative estimate of drug-likeness (QED) is 0.384. The van der Waals surface area contributed by atoms with Crippen LogP contribution in [0, 0.1) is 0 Å². The lowest BCUT2D eigenvalue weighted by atomic mass is 10.2. The first kappa shape index (κ1) is 14.1. The van der Waals surface area contributed by atoms with Crippen LogP contribution in [-0.4, -0.2) is 30.1 Å². The van der Waals surface area contributed by atoms with Gasteiger partial charge in [0.1, 0.15) is 0 Å². The third-order valence-corrected chi connectivity index (χ3v) is 2.01. The molecule has 0 aliphatic heterocycles. The molecule has 0 saturated carbocycles. The van der Waals surface area contributed by atoms with Gasteiger partial charge in [-0.05, 0) is 20.3 Å². The fraction of sp³-hybridized carbons (Fsp3) is 0.727. The number of carboxylic acid groups (broad SMARTS) is 1. The second kappa shape index (κ2) is 7.43. The maximum atomic E-state index is 10.6. The van der Waals surface area contributed by atoms with Crippen molar-refractivity contribution in [2.45, 2.75) is 46.0 Å². The third-order valence-electron chi connectivity index (χ3n) is 2.01. The Morgan fingerprint density at radius 3 is 2.53 bits per heavy atom. The molecule has 0 aromatic rings. The Hall–Kier alpha value is -0.870. The molecule has 0 fully saturated rings. The van der Waals surface area contributed by atoms with E-state index >= 15 is 0 Å². The first-order valence-electron chi connectivity index (χ1n) is 5.18. The Balaban J connectivity index is 3.80. The molecule has 4 nitrogen and oxygen atoms in total. The van der Waals surface area contributed by atoms with Crippen molar-refractivity contribution >= 4 is 5.97 Å². The molecule has 0 amide bonds. The topological polar surface area (TPSA) is 55.8 Å². The first-order valence-corrected chi connectivity index (χ1v) is 5.18. The molecular weight excluding hydrogens is 196 g/mol. The molecule has 0 aliphatic rings. The number of hydrogen-bond donors (Lipinski definition) is 1. The summed E-state index contributed by atoms with van der Waals surface area (Å²) in [5.74, 6) is -1.04. The summed E-state index contributed by atoms with van der Waals surface area (Å²) < 4.78 is 10.6. The largest absolute Gasteiger partial charge is 0.478 e. The summed E-state index contributed by atoms with van der Waals surface area (Å²) in [6.07, 6.45) is 1.10. The van der Waals surface area contributed by atoms with Crippen LogP contribution in [0.2, 0.25) is 0 Å². The third kappa shape index (κ3) is 6.25. The molecule has 2 atom stereocenters. The summed E-state index contributed by atoms with van der Waals surface area (Å²) in [4.78, 5) is 10.6. The Bertz CT molecular complexity index is 213. The van der Waals surface area contributed by atoms with E-state index in [0.29, 0.717) is 6.61 Å². The van der Waals surface area contributed by atoms with Gasteiger partial charge < -0.3 is 14.6 Å². The molecule has 4 heteroatoms. The molecule has 88 valence electrons. The van der Waals surface area contributed by atoms with Gasteiger partial charge in [0.2, 0.25) is 0 Å². The summed E-state index contributed by atoms with van der Waals surface area (Å²) in [5.41, 5.74) is 0.0425. The van der Waals surface area contributed by atoms with Crippen LogP contribution in [0.15, 0.2) is 12.2 Å². The summed E-state index contributed by atoms with van der Waals surface area (Å²) in [6, 6.07) is 0. The van der Waals surface area contributed by atoms with E-state index in [0.717, 1.165) is 12.8 Å². The van der Waals surface area contributed by atoms with E-state index in [4.69, 9.17) is 14.6 Å². The molecule has 0 bridgehead atoms. The standard InChI is InChI=1S/C11H20O4/c1-5-6-7-14-10(4)15-9(3)8(2)11(12)13/h9-10H,2,5-7H2,1,3-4H3,(H,12,13). The van der Waals surface area contributed by atoms with E-state index in [1.807, 2.05) is 0 Å². The maximum Gasteiger partial charge on any atom is 0.333 e. The summed E-state index contributed by atoms with van der Waals surface area (Å²) in [7, 11) is 0. The van der Waals surface area contributed by atoms with Crippen molar-refractivity contribution in [1.29, 1.82) is 0 Å². The zero-order chi connectivity index (χ0) is 11.8. The van der Waals surface area contributed by atoms with Crippen molar-refractivity contribution < 1.29 is 19.4 Å². The highest BCUT2D eigenvalue weighted by Gasteiger charge is 2.16. The van der Waals surface area contributed by atoms with Crippen LogP contribution in [0.25, 0.3) is 0 Å². The fourth-order valence-corrected chi connectivity index (χ4v) is 0.976. The van der Waals surface area contributed by atoms with Gasteiger partial charge >= 0.3 is 5.97 Å². The smallest absolute Gasteiger partial charge is 0.333 e. The fourth-order valence-electron chi connectivity index (χ4n) is 0.976. The highest BCUT2D eigenvalue weighted by Crippen LogP contribution is 2.08. The minimum absolute atomic E-state index is 0.0425. The molecule has 0 aromatic heterocycles. The Morgan fingerprint density at radius 2 is 2.07 bits per heavy atom. The number of carboxylic acids is 1. The van der Waals surface area contributed by atoms with Gasteiger partial charge in [0, 0.05) is 6.61 Å². The average Bonchev–Trinajstić information content (AvgIpc) is 2.16. The molecule has 0 saturated heterocycles. The molecule has 0 rings (SSSR count). The van der Waals surface area contributed by atoms with E-state index in [9.17, 15) is 4.79 Å². The summed E-state index contributed by atoms with van der Waals surface area (Å²) in [5, 5.41) is 8.66. The second-order valence-electron chi connectivity index (χ2n) is 3.40. The lowest BCUT2D eigenvalue weighted by molar-refractivity contribution is -0.153. The van der Waals surface area contributed by atoms with Crippen molar-refractivity contribution in [2.75, 3.05) is 6.61 Å². The van der Waals surface area contributed by atoms with Crippen molar-refractivity contribution in [2.24, 2.45) is 0 Å². The highest BCUT2D eigenvalue weighted by atomic mass is 16.7. The van der Waals surface area contributed by atoms with E-state index in [1.54, 1.807) is 13.8 Å². The molecule has 1 N–H and O–H groups in total. The van der Waals surface area contributed by atoms with Crippen LogP contribution in [0.5, 0.6) is 0 Å². The minimum Gasteiger partial charge on any atom is -0.478 e. The van der Waals surface area contributed by atoms with E-state index < -0.39 is 18.4 Å². The molecule has 0 heterocycles. The molecule has 15 heavy (non-hydrogen) atoms. The Morgan fingerprint density at radius 1 is 1.47 bits per heavy atom. The van der Waals surface area contributed by atoms with E-state index in [-0.39, 0.29) is 5.57 Å². The van der Waals surface area contributed by atoms with Crippen LogP contribution in [0.4, 0.5) is 0 Å². The van der Waals surface area contributed by atoms with Crippen LogP contribution < -0.4 is 0 Å². The van der Waals surface area contributed by atoms with Gasteiger partial charge in [-0.1, -0.05) is 19.9 Å². The molecule has 0 aromatic carbocycles. The van der Waals surface area contributed by atoms with E-state index in [2.05, 4.69) is 13.5 Å². The van der Waals surface area contributed by atoms with Crippen molar-refractivity contribution in [3.63, 3.8) is 0 Å². The lowest BCUT2D eigenvalue weighted by Gasteiger charge is -2.19. The molecule has 2 unspecified atom stereocenters. The van der Waals surface area contributed by atoms with Gasteiger partial charge in [-0.2, -0.15) is 0 Å². The van der Waals surface area contributed by atoms with E-state index in [1.165, 1.54) is 0 Å². The van der Waals surface area contributed by atoms with Crippen LogP contribution in [0.3, 0.4) is 0 Å². The molecule has 0 radical (unpaired) electrons. The minimum atomic E-state index is -1.04. The molecule has 0 spiro atoms. The van der Waals surface area contributed by atoms with Gasteiger partial charge in [0.15, 0.2) is 6.29 Å². The van der Waals surface area contributed by atoms with Crippen molar-refractivity contribution in [1.82, 2.24) is 0 Å². The predicted molar refractivity (Wildman–Crippen MR) is 57.6 cm³/mol. The SMILES string of the molecule is C=C(C(=O)O)C(C)OC(C)OCCCC. The monoisotopic (exact) mass is 216 g/mol. The maximum absolute atomic E-state index is 10.6. The molecule has 0 aliphatic carbocycles. The number of carbonyl (C=O) groups is 1. The zero-order valence-electron chi connectivity index (χ0n) is 9.66. The summed E-state index contributed by atoms with van der Waals surface area (Å²) >= 11 is 0. The Labute approximate surface area is 90.9 Å². The number of ether oxygens (including phenoxy) is 2. The average molecular weight is 216 g/mol. The van der Waals surface area contributed by atoms with Crippen LogP contribution in [-0.2, 0) is 14.3 Å². The number of hydrogen-bond acceptors (Lipinski definition) is 3. The molecular formula is C11H20O4. The van der Waals surface area contributed by atoms with Gasteiger partial charge in [0.25, 0.3) is 0 Å². The van der Waals surface area contributed by atoms with Gasteiger partial charge in [-0.15, -0.1) is 0 Å². The normalized spacial score (nSPS) is 14.6. The van der Waals surface area contributed by atoms with Gasteiger partial charge in [-0.3, -0.25) is 0 Å². The Kier molecular flexibility index (Phi) is 6.99. The predicted octanol–water partition coefficient (Wildman–Crippen LogP) is 2.20.